The third kappa shape index (κ3) is 3.69. The predicted octanol–water partition coefficient (Wildman–Crippen LogP) is 4.53. The van der Waals surface area contributed by atoms with Gasteiger partial charge in [0.2, 0.25) is 0 Å². The second kappa shape index (κ2) is 8.69. The van der Waals surface area contributed by atoms with Crippen molar-refractivity contribution in [3.8, 4) is 11.5 Å². The largest absolute Gasteiger partial charge is 0.504 e. The van der Waals surface area contributed by atoms with Crippen molar-refractivity contribution in [3.63, 3.8) is 0 Å². The van der Waals surface area contributed by atoms with Gasteiger partial charge in [0.05, 0.1) is 23.7 Å². The maximum Gasteiger partial charge on any atom is 0.276 e. The summed E-state index contributed by atoms with van der Waals surface area (Å²) in [6.07, 6.45) is -0.314. The van der Waals surface area contributed by atoms with E-state index in [1.807, 2.05) is 47.8 Å². The normalized spacial score (nSPS) is 16.9. The van der Waals surface area contributed by atoms with E-state index in [-0.39, 0.29) is 11.7 Å². The molecular weight excluding hydrogens is 400 g/mol. The zero-order valence-electron chi connectivity index (χ0n) is 16.7. The molecule has 3 aromatic rings. The first-order valence-corrected chi connectivity index (χ1v) is 10.4. The van der Waals surface area contributed by atoms with Crippen LogP contribution in [0.1, 0.15) is 34.6 Å². The van der Waals surface area contributed by atoms with Crippen molar-refractivity contribution in [1.82, 2.24) is 5.01 Å². The molecule has 0 radical (unpaired) electrons. The molecule has 1 N–H and O–H groups in total. The van der Waals surface area contributed by atoms with Gasteiger partial charge in [0.1, 0.15) is 0 Å². The molecule has 0 bridgehead atoms. The number of benzene rings is 2. The van der Waals surface area contributed by atoms with Gasteiger partial charge in [-0.25, -0.2) is 5.01 Å². The molecule has 1 aliphatic heterocycles. The lowest BCUT2D eigenvalue weighted by Crippen LogP contribution is -2.32. The van der Waals surface area contributed by atoms with Crippen LogP contribution in [0.2, 0.25) is 0 Å². The van der Waals surface area contributed by atoms with E-state index in [0.717, 1.165) is 16.2 Å². The SMILES string of the molecule is COc1cccc([C@H]2CC(c3cccs3)=NN2C(=O)[C@H](OC)c2ccccc2)c1O. The second-order valence-corrected chi connectivity index (χ2v) is 7.80. The first-order chi connectivity index (χ1) is 14.6. The maximum absolute atomic E-state index is 13.5. The van der Waals surface area contributed by atoms with Gasteiger partial charge in [0, 0.05) is 19.1 Å². The number of aromatic hydroxyl groups is 1. The Labute approximate surface area is 179 Å². The van der Waals surface area contributed by atoms with Gasteiger partial charge in [0.25, 0.3) is 5.91 Å². The highest BCUT2D eigenvalue weighted by molar-refractivity contribution is 7.12. The smallest absolute Gasteiger partial charge is 0.276 e. The lowest BCUT2D eigenvalue weighted by molar-refractivity contribution is -0.144. The molecule has 6 nitrogen and oxygen atoms in total. The van der Waals surface area contributed by atoms with Gasteiger partial charge in [0.15, 0.2) is 17.6 Å². The van der Waals surface area contributed by atoms with Crippen molar-refractivity contribution in [2.45, 2.75) is 18.6 Å². The summed E-state index contributed by atoms with van der Waals surface area (Å²) < 4.78 is 10.8. The van der Waals surface area contributed by atoms with Crippen LogP contribution in [-0.4, -0.2) is 36.0 Å². The maximum atomic E-state index is 13.5. The van der Waals surface area contributed by atoms with Gasteiger partial charge in [-0.2, -0.15) is 5.10 Å². The summed E-state index contributed by atoms with van der Waals surface area (Å²) in [6.45, 7) is 0. The quantitative estimate of drug-likeness (QED) is 0.634. The van der Waals surface area contributed by atoms with E-state index < -0.39 is 12.1 Å². The van der Waals surface area contributed by atoms with Crippen molar-refractivity contribution < 1.29 is 19.4 Å². The van der Waals surface area contributed by atoms with Gasteiger partial charge in [-0.1, -0.05) is 48.5 Å². The number of ether oxygens (including phenoxy) is 2. The van der Waals surface area contributed by atoms with E-state index in [9.17, 15) is 9.90 Å². The Hall–Kier alpha value is -3.16. The summed E-state index contributed by atoms with van der Waals surface area (Å²) in [5, 5.41) is 18.8. The van der Waals surface area contributed by atoms with E-state index in [1.54, 1.807) is 29.5 Å². The molecule has 1 amide bonds. The zero-order chi connectivity index (χ0) is 21.1. The third-order valence-electron chi connectivity index (χ3n) is 5.11. The number of thiophene rings is 1. The molecule has 154 valence electrons. The highest BCUT2D eigenvalue weighted by Gasteiger charge is 2.38. The third-order valence-corrected chi connectivity index (χ3v) is 6.03. The van der Waals surface area contributed by atoms with Crippen LogP contribution < -0.4 is 4.74 Å². The molecule has 1 aromatic heterocycles. The standard InChI is InChI=1S/C23H22N2O4S/c1-28-19-11-6-10-16(21(19)26)18-14-17(20-12-7-13-30-20)24-25(18)23(27)22(29-2)15-8-4-3-5-9-15/h3-13,18,22,26H,14H2,1-2H3/t18-,22-/m1/s1. The number of hydrazone groups is 1. The monoisotopic (exact) mass is 422 g/mol. The Morgan fingerprint density at radius 1 is 1.13 bits per heavy atom. The minimum atomic E-state index is -0.798. The fourth-order valence-electron chi connectivity index (χ4n) is 3.65. The molecule has 0 spiro atoms. The van der Waals surface area contributed by atoms with Crippen LogP contribution in [0.25, 0.3) is 0 Å². The summed E-state index contributed by atoms with van der Waals surface area (Å²) in [5.41, 5.74) is 2.13. The number of hydrogen-bond acceptors (Lipinski definition) is 6. The van der Waals surface area contributed by atoms with Crippen LogP contribution in [0, 0.1) is 0 Å². The average Bonchev–Trinajstić information content (AvgIpc) is 3.45. The summed E-state index contributed by atoms with van der Waals surface area (Å²) in [4.78, 5) is 14.5. The highest BCUT2D eigenvalue weighted by Crippen LogP contribution is 2.42. The Kier molecular flexibility index (Phi) is 5.83. The lowest BCUT2D eigenvalue weighted by atomic mass is 9.99. The molecule has 0 saturated heterocycles. The van der Waals surface area contributed by atoms with E-state index in [4.69, 9.17) is 9.47 Å². The zero-order valence-corrected chi connectivity index (χ0v) is 17.5. The van der Waals surface area contributed by atoms with Crippen molar-refractivity contribution in [3.05, 3.63) is 82.0 Å². The molecule has 0 unspecified atom stereocenters. The van der Waals surface area contributed by atoms with Gasteiger partial charge in [-0.05, 0) is 23.1 Å². The van der Waals surface area contributed by atoms with Crippen molar-refractivity contribution in [2.75, 3.05) is 14.2 Å². The molecule has 0 saturated carbocycles. The fourth-order valence-corrected chi connectivity index (χ4v) is 4.37. The lowest BCUT2D eigenvalue weighted by Gasteiger charge is -2.26. The van der Waals surface area contributed by atoms with Crippen LogP contribution in [0.3, 0.4) is 0 Å². The number of amides is 1. The summed E-state index contributed by atoms with van der Waals surface area (Å²) in [6, 6.07) is 18.1. The summed E-state index contributed by atoms with van der Waals surface area (Å²) in [5.74, 6) is 0.0809. The van der Waals surface area contributed by atoms with Crippen molar-refractivity contribution >= 4 is 23.0 Å². The predicted molar refractivity (Wildman–Crippen MR) is 116 cm³/mol. The number of carbonyl (C=O) groups is 1. The molecule has 0 aliphatic carbocycles. The van der Waals surface area contributed by atoms with E-state index in [2.05, 4.69) is 5.10 Å². The van der Waals surface area contributed by atoms with Gasteiger partial charge < -0.3 is 14.6 Å². The first kappa shape index (κ1) is 20.1. The average molecular weight is 423 g/mol. The number of nitrogens with zero attached hydrogens (tertiary/aromatic N) is 2. The van der Waals surface area contributed by atoms with E-state index in [1.165, 1.54) is 19.2 Å². The summed E-state index contributed by atoms with van der Waals surface area (Å²) >= 11 is 1.57. The summed E-state index contributed by atoms with van der Waals surface area (Å²) in [7, 11) is 3.01. The van der Waals surface area contributed by atoms with E-state index >= 15 is 0 Å². The van der Waals surface area contributed by atoms with Crippen LogP contribution in [0.4, 0.5) is 0 Å². The van der Waals surface area contributed by atoms with Gasteiger partial charge in [-0.15, -0.1) is 11.3 Å². The van der Waals surface area contributed by atoms with Gasteiger partial charge >= 0.3 is 0 Å². The van der Waals surface area contributed by atoms with Crippen molar-refractivity contribution in [1.29, 1.82) is 0 Å². The van der Waals surface area contributed by atoms with Crippen LogP contribution in [0.5, 0.6) is 11.5 Å². The number of para-hydroxylation sites is 1. The number of phenols is 1. The Balaban J connectivity index is 1.75. The molecule has 2 heterocycles. The number of rotatable bonds is 6. The molecular formula is C23H22N2O4S. The van der Waals surface area contributed by atoms with Crippen LogP contribution in [0.15, 0.2) is 71.1 Å². The van der Waals surface area contributed by atoms with Crippen LogP contribution >= 0.6 is 11.3 Å². The number of carbonyl (C=O) groups excluding carboxylic acids is 1. The molecule has 1 aliphatic rings. The van der Waals surface area contributed by atoms with Crippen LogP contribution in [-0.2, 0) is 9.53 Å². The Morgan fingerprint density at radius 3 is 2.60 bits per heavy atom. The Bertz CT molecular complexity index is 1050. The van der Waals surface area contributed by atoms with Gasteiger partial charge in [-0.3, -0.25) is 4.79 Å². The molecule has 7 heteroatoms. The molecule has 2 aromatic carbocycles. The molecule has 2 atom stereocenters. The number of methoxy groups -OCH3 is 2. The molecule has 30 heavy (non-hydrogen) atoms. The topological polar surface area (TPSA) is 71.4 Å². The minimum absolute atomic E-state index is 0.0131. The molecule has 4 rings (SSSR count). The minimum Gasteiger partial charge on any atom is -0.504 e. The van der Waals surface area contributed by atoms with E-state index in [0.29, 0.717) is 17.7 Å². The van der Waals surface area contributed by atoms with Crippen molar-refractivity contribution in [2.24, 2.45) is 5.10 Å². The number of hydrogen-bond donors (Lipinski definition) is 1. The molecule has 0 fully saturated rings. The Morgan fingerprint density at radius 2 is 1.93 bits per heavy atom. The highest BCUT2D eigenvalue weighted by atomic mass is 32.1. The second-order valence-electron chi connectivity index (χ2n) is 6.85. The first-order valence-electron chi connectivity index (χ1n) is 9.52. The fraction of sp³-hybridized carbons (Fsp3) is 0.217. The number of phenolic OH excluding ortho intramolecular Hbond substituents is 1.